The van der Waals surface area contributed by atoms with Crippen molar-refractivity contribution in [1.82, 2.24) is 25.3 Å². The van der Waals surface area contributed by atoms with Crippen molar-refractivity contribution < 1.29 is 9.90 Å². The van der Waals surface area contributed by atoms with Gasteiger partial charge in [0.2, 0.25) is 0 Å². The summed E-state index contributed by atoms with van der Waals surface area (Å²) >= 11 is 0. The Balaban J connectivity index is 2.47. The highest BCUT2D eigenvalue weighted by Crippen LogP contribution is 1.96. The Morgan fingerprint density at radius 3 is 3.06 bits per heavy atom. The molecule has 17 heavy (non-hydrogen) atoms. The predicted molar refractivity (Wildman–Crippen MR) is 60.9 cm³/mol. The second-order valence-corrected chi connectivity index (χ2v) is 3.85. The number of nitrogens with two attached hydrogens (primary N) is 1. The number of carbonyl (C=O) groups is 1. The zero-order valence-corrected chi connectivity index (χ0v) is 10.00. The highest BCUT2D eigenvalue weighted by Gasteiger charge is 2.10. The van der Waals surface area contributed by atoms with Gasteiger partial charge in [0.05, 0.1) is 19.3 Å². The third-order valence-corrected chi connectivity index (χ3v) is 2.60. The summed E-state index contributed by atoms with van der Waals surface area (Å²) in [5, 5.41) is 16.5. The standard InChI is InChI=1S/C9H18N6O2/c1-7(6-16)14(2)3-4-15-5-8(12-13-15)9(17)11-10/h5,7,16H,3-4,6,10H2,1-2H3,(H,11,17). The van der Waals surface area contributed by atoms with Crippen molar-refractivity contribution in [2.45, 2.75) is 19.5 Å². The SMILES string of the molecule is CC(CO)N(C)CCn1cc(C(=O)NN)nn1. The number of amides is 1. The highest BCUT2D eigenvalue weighted by atomic mass is 16.3. The number of aromatic nitrogens is 3. The van der Waals surface area contributed by atoms with Crippen molar-refractivity contribution in [2.24, 2.45) is 5.84 Å². The van der Waals surface area contributed by atoms with E-state index in [2.05, 4.69) is 10.3 Å². The van der Waals surface area contributed by atoms with Crippen LogP contribution in [0, 0.1) is 0 Å². The van der Waals surface area contributed by atoms with Crippen LogP contribution in [-0.4, -0.2) is 57.1 Å². The van der Waals surface area contributed by atoms with Crippen molar-refractivity contribution in [3.05, 3.63) is 11.9 Å². The molecule has 0 aliphatic rings. The van der Waals surface area contributed by atoms with Crippen LogP contribution >= 0.6 is 0 Å². The second kappa shape index (κ2) is 6.28. The Labute approximate surface area is 99.4 Å². The second-order valence-electron chi connectivity index (χ2n) is 3.85. The summed E-state index contributed by atoms with van der Waals surface area (Å²) in [6.07, 6.45) is 1.53. The third kappa shape index (κ3) is 3.77. The molecule has 1 amide bonds. The maximum absolute atomic E-state index is 11.1. The minimum absolute atomic E-state index is 0.0883. The van der Waals surface area contributed by atoms with Gasteiger partial charge in [0.15, 0.2) is 5.69 Å². The number of aliphatic hydroxyl groups excluding tert-OH is 1. The number of nitrogens with zero attached hydrogens (tertiary/aromatic N) is 4. The van der Waals surface area contributed by atoms with Crippen molar-refractivity contribution in [2.75, 3.05) is 20.2 Å². The molecule has 1 unspecified atom stereocenters. The third-order valence-electron chi connectivity index (χ3n) is 2.60. The fraction of sp³-hybridized carbons (Fsp3) is 0.667. The lowest BCUT2D eigenvalue weighted by molar-refractivity contribution is 0.0948. The molecule has 0 saturated heterocycles. The summed E-state index contributed by atoms with van der Waals surface area (Å²) in [6, 6.07) is 0.0883. The zero-order valence-electron chi connectivity index (χ0n) is 10.00. The molecular weight excluding hydrogens is 224 g/mol. The zero-order chi connectivity index (χ0) is 12.8. The average Bonchev–Trinajstić information content (AvgIpc) is 2.82. The first-order valence-corrected chi connectivity index (χ1v) is 5.30. The number of aliphatic hydroxyl groups is 1. The number of hydrogen-bond acceptors (Lipinski definition) is 6. The Bertz CT molecular complexity index is 366. The van der Waals surface area contributed by atoms with Crippen molar-refractivity contribution in [3.8, 4) is 0 Å². The van der Waals surface area contributed by atoms with Gasteiger partial charge >= 0.3 is 0 Å². The van der Waals surface area contributed by atoms with Gasteiger partial charge in [-0.1, -0.05) is 5.21 Å². The fourth-order valence-electron chi connectivity index (χ4n) is 1.21. The van der Waals surface area contributed by atoms with Crippen LogP contribution in [0.4, 0.5) is 0 Å². The lowest BCUT2D eigenvalue weighted by Gasteiger charge is -2.22. The van der Waals surface area contributed by atoms with Crippen LogP contribution in [0.5, 0.6) is 0 Å². The Morgan fingerprint density at radius 1 is 1.76 bits per heavy atom. The molecule has 1 heterocycles. The van der Waals surface area contributed by atoms with E-state index in [-0.39, 0.29) is 18.3 Å². The van der Waals surface area contributed by atoms with Crippen LogP contribution in [0.25, 0.3) is 0 Å². The number of hydrogen-bond donors (Lipinski definition) is 3. The van der Waals surface area contributed by atoms with Gasteiger partial charge in [0.25, 0.3) is 5.91 Å². The maximum Gasteiger partial charge on any atom is 0.287 e. The molecule has 1 atom stereocenters. The van der Waals surface area contributed by atoms with Gasteiger partial charge in [0.1, 0.15) is 0 Å². The van der Waals surface area contributed by atoms with E-state index in [1.165, 1.54) is 6.20 Å². The Hall–Kier alpha value is -1.51. The Kier molecular flexibility index (Phi) is 5.01. The van der Waals surface area contributed by atoms with Gasteiger partial charge in [-0.05, 0) is 14.0 Å². The molecular formula is C9H18N6O2. The number of likely N-dealkylation sites (N-methyl/N-ethyl adjacent to an activating group) is 1. The number of rotatable bonds is 6. The lowest BCUT2D eigenvalue weighted by Crippen LogP contribution is -2.34. The van der Waals surface area contributed by atoms with Gasteiger partial charge in [-0.25, -0.2) is 5.84 Å². The van der Waals surface area contributed by atoms with Crippen LogP contribution in [0.3, 0.4) is 0 Å². The summed E-state index contributed by atoms with van der Waals surface area (Å²) in [7, 11) is 1.91. The van der Waals surface area contributed by atoms with Gasteiger partial charge in [-0.15, -0.1) is 5.10 Å². The van der Waals surface area contributed by atoms with E-state index in [1.807, 2.05) is 24.3 Å². The van der Waals surface area contributed by atoms with Gasteiger partial charge in [-0.2, -0.15) is 0 Å². The quantitative estimate of drug-likeness (QED) is 0.308. The molecule has 1 aromatic rings. The summed E-state index contributed by atoms with van der Waals surface area (Å²) in [6.45, 7) is 3.32. The molecule has 0 bridgehead atoms. The van der Waals surface area contributed by atoms with Crippen LogP contribution in [0.2, 0.25) is 0 Å². The first-order chi connectivity index (χ1) is 8.08. The van der Waals surface area contributed by atoms with E-state index in [4.69, 9.17) is 10.9 Å². The molecule has 1 aromatic heterocycles. The minimum atomic E-state index is -0.465. The van der Waals surface area contributed by atoms with Gasteiger partial charge in [0, 0.05) is 12.6 Å². The number of nitrogen functional groups attached to an aromatic ring is 1. The molecule has 0 aromatic carbocycles. The van der Waals surface area contributed by atoms with E-state index in [9.17, 15) is 4.79 Å². The fourth-order valence-corrected chi connectivity index (χ4v) is 1.21. The summed E-state index contributed by atoms with van der Waals surface area (Å²) in [5.41, 5.74) is 2.17. The van der Waals surface area contributed by atoms with E-state index < -0.39 is 5.91 Å². The monoisotopic (exact) mass is 242 g/mol. The molecule has 8 nitrogen and oxygen atoms in total. The molecule has 0 spiro atoms. The average molecular weight is 242 g/mol. The largest absolute Gasteiger partial charge is 0.395 e. The van der Waals surface area contributed by atoms with Crippen molar-refractivity contribution >= 4 is 5.91 Å². The first kappa shape index (κ1) is 13.6. The number of hydrazine groups is 1. The molecule has 0 fully saturated rings. The molecule has 0 radical (unpaired) electrons. The molecule has 96 valence electrons. The Morgan fingerprint density at radius 2 is 2.47 bits per heavy atom. The molecule has 0 aliphatic heterocycles. The normalized spacial score (nSPS) is 12.8. The van der Waals surface area contributed by atoms with E-state index in [0.717, 1.165) is 0 Å². The van der Waals surface area contributed by atoms with Crippen LogP contribution in [0.15, 0.2) is 6.20 Å². The molecule has 1 rings (SSSR count). The number of nitrogens with one attached hydrogen (secondary N) is 1. The van der Waals surface area contributed by atoms with E-state index in [0.29, 0.717) is 13.1 Å². The number of carbonyl (C=O) groups excluding carboxylic acids is 1. The molecule has 0 aliphatic carbocycles. The predicted octanol–water partition coefficient (Wildman–Crippen LogP) is -1.81. The summed E-state index contributed by atoms with van der Waals surface area (Å²) < 4.78 is 1.56. The van der Waals surface area contributed by atoms with Crippen LogP contribution < -0.4 is 11.3 Å². The summed E-state index contributed by atoms with van der Waals surface area (Å²) in [5.74, 6) is 4.52. The van der Waals surface area contributed by atoms with Crippen LogP contribution in [-0.2, 0) is 6.54 Å². The maximum atomic E-state index is 11.1. The van der Waals surface area contributed by atoms with Gasteiger partial charge in [-0.3, -0.25) is 19.8 Å². The lowest BCUT2D eigenvalue weighted by atomic mass is 10.3. The van der Waals surface area contributed by atoms with Crippen molar-refractivity contribution in [3.63, 3.8) is 0 Å². The topological polar surface area (TPSA) is 109 Å². The smallest absolute Gasteiger partial charge is 0.287 e. The highest BCUT2D eigenvalue weighted by molar-refractivity contribution is 5.91. The van der Waals surface area contributed by atoms with E-state index >= 15 is 0 Å². The minimum Gasteiger partial charge on any atom is -0.395 e. The van der Waals surface area contributed by atoms with Gasteiger partial charge < -0.3 is 5.11 Å². The molecule has 4 N–H and O–H groups in total. The molecule has 8 heteroatoms. The molecule has 0 saturated carbocycles. The first-order valence-electron chi connectivity index (χ1n) is 5.30. The van der Waals surface area contributed by atoms with E-state index in [1.54, 1.807) is 4.68 Å². The van der Waals surface area contributed by atoms with Crippen molar-refractivity contribution in [1.29, 1.82) is 0 Å². The van der Waals surface area contributed by atoms with Crippen LogP contribution in [0.1, 0.15) is 17.4 Å². The summed E-state index contributed by atoms with van der Waals surface area (Å²) in [4.78, 5) is 13.1.